The maximum atomic E-state index is 5.86. The number of pyridine rings is 1. The molecule has 0 atom stereocenters. The lowest BCUT2D eigenvalue weighted by Crippen LogP contribution is -1.85. The van der Waals surface area contributed by atoms with Crippen molar-refractivity contribution < 1.29 is 0 Å². The molecule has 2 heterocycles. The fourth-order valence-corrected chi connectivity index (χ4v) is 2.16. The monoisotopic (exact) mass is 223 g/mol. The zero-order valence-corrected chi connectivity index (χ0v) is 9.59. The minimum absolute atomic E-state index is 0.786. The topological polar surface area (TPSA) is 43.8 Å². The van der Waals surface area contributed by atoms with Crippen LogP contribution in [0.5, 0.6) is 0 Å². The summed E-state index contributed by atoms with van der Waals surface area (Å²) in [4.78, 5) is 4.16. The summed E-state index contributed by atoms with van der Waals surface area (Å²) in [5.41, 5.74) is 10.1. The second-order valence-electron chi connectivity index (χ2n) is 4.17. The highest BCUT2D eigenvalue weighted by Gasteiger charge is 2.08. The van der Waals surface area contributed by atoms with Gasteiger partial charge in [-0.25, -0.2) is 0 Å². The van der Waals surface area contributed by atoms with Crippen LogP contribution in [0, 0.1) is 0 Å². The maximum absolute atomic E-state index is 5.86. The first-order valence-electron chi connectivity index (χ1n) is 5.50. The first-order valence-corrected chi connectivity index (χ1v) is 5.50. The smallest absolute Gasteiger partial charge is 0.0485 e. The number of benzene rings is 1. The van der Waals surface area contributed by atoms with E-state index in [2.05, 4.69) is 21.8 Å². The Balaban J connectivity index is 2.34. The number of hydrogen-bond acceptors (Lipinski definition) is 2. The molecule has 0 radical (unpaired) electrons. The van der Waals surface area contributed by atoms with Crippen molar-refractivity contribution in [2.75, 3.05) is 5.73 Å². The fraction of sp³-hybridized carbons (Fsp3) is 0.0714. The van der Waals surface area contributed by atoms with Crippen molar-refractivity contribution in [2.45, 2.75) is 0 Å². The molecule has 0 unspecified atom stereocenters. The van der Waals surface area contributed by atoms with Crippen molar-refractivity contribution in [3.8, 4) is 11.1 Å². The molecule has 0 bridgehead atoms. The SMILES string of the molecule is Cn1cc(-c2cccnc2)c2cc(N)ccc21. The van der Waals surface area contributed by atoms with E-state index in [4.69, 9.17) is 5.73 Å². The third-order valence-corrected chi connectivity index (χ3v) is 2.99. The molecule has 3 rings (SSSR count). The summed E-state index contributed by atoms with van der Waals surface area (Å²) in [7, 11) is 2.04. The van der Waals surface area contributed by atoms with E-state index in [9.17, 15) is 0 Å². The van der Waals surface area contributed by atoms with Gasteiger partial charge in [0.15, 0.2) is 0 Å². The predicted molar refractivity (Wildman–Crippen MR) is 70.6 cm³/mol. The van der Waals surface area contributed by atoms with Crippen LogP contribution in [0.3, 0.4) is 0 Å². The maximum Gasteiger partial charge on any atom is 0.0485 e. The molecular formula is C14H13N3. The largest absolute Gasteiger partial charge is 0.399 e. The van der Waals surface area contributed by atoms with Gasteiger partial charge in [0.1, 0.15) is 0 Å². The molecule has 0 fully saturated rings. The molecule has 1 aromatic carbocycles. The van der Waals surface area contributed by atoms with Crippen LogP contribution < -0.4 is 5.73 Å². The number of aromatic nitrogens is 2. The van der Waals surface area contributed by atoms with Crippen LogP contribution >= 0.6 is 0 Å². The van der Waals surface area contributed by atoms with E-state index in [0.29, 0.717) is 0 Å². The minimum Gasteiger partial charge on any atom is -0.399 e. The van der Waals surface area contributed by atoms with Gasteiger partial charge >= 0.3 is 0 Å². The standard InChI is InChI=1S/C14H13N3/c1-17-9-13(10-3-2-6-16-8-10)12-7-11(15)4-5-14(12)17/h2-9H,15H2,1H3. The van der Waals surface area contributed by atoms with Crippen LogP contribution in [0.4, 0.5) is 5.69 Å². The molecule has 0 aliphatic rings. The van der Waals surface area contributed by atoms with Gasteiger partial charge in [-0.2, -0.15) is 0 Å². The average molecular weight is 223 g/mol. The molecule has 0 saturated carbocycles. The minimum atomic E-state index is 0.786. The Kier molecular flexibility index (Phi) is 2.11. The number of nitrogen functional groups attached to an aromatic ring is 1. The number of anilines is 1. The summed E-state index contributed by atoms with van der Waals surface area (Å²) in [6, 6.07) is 9.99. The van der Waals surface area contributed by atoms with Crippen LogP contribution in [0.25, 0.3) is 22.0 Å². The van der Waals surface area contributed by atoms with Crippen molar-refractivity contribution in [3.05, 3.63) is 48.9 Å². The Bertz CT molecular complexity index is 669. The highest BCUT2D eigenvalue weighted by molar-refractivity contribution is 5.97. The molecule has 17 heavy (non-hydrogen) atoms. The fourth-order valence-electron chi connectivity index (χ4n) is 2.16. The Morgan fingerprint density at radius 1 is 1.24 bits per heavy atom. The molecule has 3 nitrogen and oxygen atoms in total. The second-order valence-corrected chi connectivity index (χ2v) is 4.17. The summed E-state index contributed by atoms with van der Waals surface area (Å²) in [6.07, 6.45) is 5.77. The molecule has 3 aromatic rings. The van der Waals surface area contributed by atoms with Crippen molar-refractivity contribution in [1.82, 2.24) is 9.55 Å². The first kappa shape index (κ1) is 9.90. The molecule has 2 N–H and O–H groups in total. The number of aryl methyl sites for hydroxylation is 1. The Hall–Kier alpha value is -2.29. The molecule has 0 aliphatic heterocycles. The zero-order valence-electron chi connectivity index (χ0n) is 9.59. The van der Waals surface area contributed by atoms with Crippen molar-refractivity contribution in [1.29, 1.82) is 0 Å². The van der Waals surface area contributed by atoms with Gasteiger partial charge in [-0.3, -0.25) is 4.98 Å². The van der Waals surface area contributed by atoms with Gasteiger partial charge in [-0.05, 0) is 24.3 Å². The van der Waals surface area contributed by atoms with E-state index in [1.54, 1.807) is 6.20 Å². The van der Waals surface area contributed by atoms with E-state index < -0.39 is 0 Å². The summed E-state index contributed by atoms with van der Waals surface area (Å²) in [5, 5.41) is 1.17. The van der Waals surface area contributed by atoms with Gasteiger partial charge in [0.2, 0.25) is 0 Å². The zero-order chi connectivity index (χ0) is 11.8. The van der Waals surface area contributed by atoms with Gasteiger partial charge in [-0.15, -0.1) is 0 Å². The quantitative estimate of drug-likeness (QED) is 0.645. The predicted octanol–water partition coefficient (Wildman–Crippen LogP) is 2.82. The Morgan fingerprint density at radius 3 is 2.88 bits per heavy atom. The summed E-state index contributed by atoms with van der Waals surface area (Å²) < 4.78 is 2.11. The van der Waals surface area contributed by atoms with Gasteiger partial charge < -0.3 is 10.3 Å². The summed E-state index contributed by atoms with van der Waals surface area (Å²) in [5.74, 6) is 0. The van der Waals surface area contributed by atoms with Crippen molar-refractivity contribution in [3.63, 3.8) is 0 Å². The number of nitrogens with two attached hydrogens (primary N) is 1. The van der Waals surface area contributed by atoms with Gasteiger partial charge in [0.25, 0.3) is 0 Å². The molecule has 3 heteroatoms. The van der Waals surface area contributed by atoms with Gasteiger partial charge in [0, 0.05) is 53.4 Å². The molecule has 2 aromatic heterocycles. The van der Waals surface area contributed by atoms with E-state index in [-0.39, 0.29) is 0 Å². The van der Waals surface area contributed by atoms with E-state index in [0.717, 1.165) is 11.3 Å². The highest BCUT2D eigenvalue weighted by atomic mass is 14.9. The van der Waals surface area contributed by atoms with Crippen LogP contribution in [0.1, 0.15) is 0 Å². The van der Waals surface area contributed by atoms with Crippen LogP contribution in [-0.2, 0) is 7.05 Å². The molecule has 0 saturated heterocycles. The van der Waals surface area contributed by atoms with Crippen molar-refractivity contribution >= 4 is 16.6 Å². The lowest BCUT2D eigenvalue weighted by atomic mass is 10.1. The van der Waals surface area contributed by atoms with Crippen LogP contribution in [0.2, 0.25) is 0 Å². The third kappa shape index (κ3) is 1.56. The third-order valence-electron chi connectivity index (χ3n) is 2.99. The second kappa shape index (κ2) is 3.63. The Labute approximate surface area is 99.5 Å². The lowest BCUT2D eigenvalue weighted by Gasteiger charge is -1.99. The summed E-state index contributed by atoms with van der Waals surface area (Å²) in [6.45, 7) is 0. The normalized spacial score (nSPS) is 10.9. The average Bonchev–Trinajstić information content (AvgIpc) is 2.67. The molecular weight excluding hydrogens is 210 g/mol. The first-order chi connectivity index (χ1) is 8.25. The summed E-state index contributed by atoms with van der Waals surface area (Å²) >= 11 is 0. The number of fused-ring (bicyclic) bond motifs is 1. The highest BCUT2D eigenvalue weighted by Crippen LogP contribution is 2.30. The lowest BCUT2D eigenvalue weighted by molar-refractivity contribution is 0.970. The number of nitrogens with zero attached hydrogens (tertiary/aromatic N) is 2. The Morgan fingerprint density at radius 2 is 2.12 bits per heavy atom. The van der Waals surface area contributed by atoms with Crippen molar-refractivity contribution in [2.24, 2.45) is 7.05 Å². The van der Waals surface area contributed by atoms with Crippen LogP contribution in [-0.4, -0.2) is 9.55 Å². The van der Waals surface area contributed by atoms with E-state index >= 15 is 0 Å². The van der Waals surface area contributed by atoms with Gasteiger partial charge in [0.05, 0.1) is 0 Å². The number of rotatable bonds is 1. The molecule has 0 aliphatic carbocycles. The van der Waals surface area contributed by atoms with E-state index in [1.807, 2.05) is 37.5 Å². The molecule has 0 spiro atoms. The van der Waals surface area contributed by atoms with Crippen LogP contribution in [0.15, 0.2) is 48.9 Å². The number of hydrogen-bond donors (Lipinski definition) is 1. The molecule has 84 valence electrons. The van der Waals surface area contributed by atoms with Gasteiger partial charge in [-0.1, -0.05) is 6.07 Å². The molecule has 0 amide bonds. The van der Waals surface area contributed by atoms with E-state index in [1.165, 1.54) is 16.5 Å².